The molecule has 0 bridgehead atoms. The molecule has 0 aliphatic carbocycles. The molecule has 0 aromatic heterocycles. The Labute approximate surface area is 92.5 Å². The minimum Gasteiger partial charge on any atom is -0.388 e. The number of hydrogen-bond donors (Lipinski definition) is 1. The van der Waals surface area contributed by atoms with Crippen LogP contribution < -0.4 is 0 Å². The summed E-state index contributed by atoms with van der Waals surface area (Å²) < 4.78 is 0. The molecule has 1 atom stereocenters. The highest BCUT2D eigenvalue weighted by Crippen LogP contribution is 2.23. The maximum absolute atomic E-state index is 10.0. The van der Waals surface area contributed by atoms with Gasteiger partial charge in [-0.3, -0.25) is 0 Å². The largest absolute Gasteiger partial charge is 0.388 e. The first-order valence-electron chi connectivity index (χ1n) is 5.51. The number of unbranched alkanes of at least 4 members (excludes halogenated alkanes) is 1. The average Bonchev–Trinajstić information content (AvgIpc) is 2.22. The fourth-order valence-electron chi connectivity index (χ4n) is 1.73. The van der Waals surface area contributed by atoms with Crippen molar-refractivity contribution in [3.05, 3.63) is 47.5 Å². The molecule has 0 spiro atoms. The summed E-state index contributed by atoms with van der Waals surface area (Å²) >= 11 is 0. The van der Waals surface area contributed by atoms with E-state index in [0.717, 1.165) is 24.8 Å². The summed E-state index contributed by atoms with van der Waals surface area (Å²) in [6.45, 7) is 7.78. The lowest BCUT2D eigenvalue weighted by atomic mass is 9.97. The van der Waals surface area contributed by atoms with E-state index in [1.807, 2.05) is 13.0 Å². The average molecular weight is 204 g/mol. The van der Waals surface area contributed by atoms with Crippen LogP contribution in [0.2, 0.25) is 0 Å². The van der Waals surface area contributed by atoms with E-state index in [2.05, 4.69) is 31.7 Å². The van der Waals surface area contributed by atoms with Crippen molar-refractivity contribution < 1.29 is 5.11 Å². The van der Waals surface area contributed by atoms with Crippen molar-refractivity contribution in [1.82, 2.24) is 0 Å². The zero-order valence-corrected chi connectivity index (χ0v) is 9.66. The molecule has 1 aromatic rings. The summed E-state index contributed by atoms with van der Waals surface area (Å²) in [4.78, 5) is 0. The number of aliphatic hydroxyl groups is 1. The predicted molar refractivity (Wildman–Crippen MR) is 64.9 cm³/mol. The maximum atomic E-state index is 10.0. The van der Waals surface area contributed by atoms with Crippen LogP contribution in [0.5, 0.6) is 0 Å². The molecule has 82 valence electrons. The van der Waals surface area contributed by atoms with Crippen molar-refractivity contribution in [2.75, 3.05) is 0 Å². The summed E-state index contributed by atoms with van der Waals surface area (Å²) in [5, 5.41) is 10.0. The summed E-state index contributed by atoms with van der Waals surface area (Å²) in [5.74, 6) is 0. The lowest BCUT2D eigenvalue weighted by Crippen LogP contribution is -2.00. The molecule has 1 rings (SSSR count). The number of hydrogen-bond acceptors (Lipinski definition) is 1. The van der Waals surface area contributed by atoms with Crippen LogP contribution in [0.4, 0.5) is 0 Å². The van der Waals surface area contributed by atoms with Gasteiger partial charge in [-0.1, -0.05) is 29.8 Å². The topological polar surface area (TPSA) is 20.2 Å². The first kappa shape index (κ1) is 12.0. The van der Waals surface area contributed by atoms with E-state index in [4.69, 9.17) is 0 Å². The Morgan fingerprint density at radius 1 is 1.40 bits per heavy atom. The Hall–Kier alpha value is -1.08. The first-order valence-corrected chi connectivity index (χ1v) is 5.51. The Kier molecular flexibility index (Phi) is 4.57. The molecule has 0 radical (unpaired) electrons. The van der Waals surface area contributed by atoms with Gasteiger partial charge in [0.2, 0.25) is 0 Å². The normalized spacial score (nSPS) is 12.5. The number of aliphatic hydroxyl groups excluding tert-OH is 1. The molecule has 0 fully saturated rings. The van der Waals surface area contributed by atoms with Gasteiger partial charge in [0.15, 0.2) is 0 Å². The molecule has 1 heteroatoms. The van der Waals surface area contributed by atoms with Crippen LogP contribution in [-0.2, 0) is 0 Å². The molecule has 1 N–H and O–H groups in total. The smallest absolute Gasteiger partial charge is 0.0792 e. The van der Waals surface area contributed by atoms with Gasteiger partial charge in [-0.15, -0.1) is 6.58 Å². The van der Waals surface area contributed by atoms with Gasteiger partial charge < -0.3 is 5.11 Å². The van der Waals surface area contributed by atoms with Crippen LogP contribution in [-0.4, -0.2) is 5.11 Å². The Morgan fingerprint density at radius 2 is 2.13 bits per heavy atom. The molecule has 1 aromatic carbocycles. The summed E-state index contributed by atoms with van der Waals surface area (Å²) in [5.41, 5.74) is 3.45. The number of benzene rings is 1. The van der Waals surface area contributed by atoms with Gasteiger partial charge in [-0.2, -0.15) is 0 Å². The molecule has 0 amide bonds. The van der Waals surface area contributed by atoms with Crippen molar-refractivity contribution >= 4 is 0 Å². The second kappa shape index (κ2) is 5.72. The molecule has 0 aliphatic rings. The van der Waals surface area contributed by atoms with E-state index in [-0.39, 0.29) is 6.10 Å². The van der Waals surface area contributed by atoms with Gasteiger partial charge in [-0.25, -0.2) is 0 Å². The highest BCUT2D eigenvalue weighted by atomic mass is 16.3. The van der Waals surface area contributed by atoms with Gasteiger partial charge in [0.1, 0.15) is 0 Å². The Morgan fingerprint density at radius 3 is 2.80 bits per heavy atom. The van der Waals surface area contributed by atoms with Gasteiger partial charge in [0, 0.05) is 0 Å². The highest BCUT2D eigenvalue weighted by Gasteiger charge is 2.09. The fourth-order valence-corrected chi connectivity index (χ4v) is 1.73. The molecular formula is C14H20O. The standard InChI is InChI=1S/C14H20O/c1-4-5-6-7-14(15)13-10-11(2)8-9-12(13)3/h4,8-10,14-15H,1,5-7H2,2-3H3. The maximum Gasteiger partial charge on any atom is 0.0792 e. The second-order valence-corrected chi connectivity index (χ2v) is 4.10. The number of aryl methyl sites for hydroxylation is 2. The highest BCUT2D eigenvalue weighted by molar-refractivity contribution is 5.32. The van der Waals surface area contributed by atoms with Gasteiger partial charge >= 0.3 is 0 Å². The zero-order chi connectivity index (χ0) is 11.3. The second-order valence-electron chi connectivity index (χ2n) is 4.10. The van der Waals surface area contributed by atoms with Crippen molar-refractivity contribution in [1.29, 1.82) is 0 Å². The molecular weight excluding hydrogens is 184 g/mol. The molecule has 0 aliphatic heterocycles. The SMILES string of the molecule is C=CCCCC(O)c1cc(C)ccc1C. The molecule has 15 heavy (non-hydrogen) atoms. The van der Waals surface area contributed by atoms with Gasteiger partial charge in [-0.05, 0) is 44.2 Å². The van der Waals surface area contributed by atoms with E-state index in [0.29, 0.717) is 0 Å². The van der Waals surface area contributed by atoms with Gasteiger partial charge in [0.05, 0.1) is 6.10 Å². The van der Waals surface area contributed by atoms with Crippen molar-refractivity contribution in [2.24, 2.45) is 0 Å². The molecule has 0 saturated carbocycles. The molecule has 1 unspecified atom stereocenters. The van der Waals surface area contributed by atoms with Crippen LogP contribution >= 0.6 is 0 Å². The number of allylic oxidation sites excluding steroid dienone is 1. The minimum absolute atomic E-state index is 0.329. The van der Waals surface area contributed by atoms with E-state index in [1.165, 1.54) is 11.1 Å². The summed E-state index contributed by atoms with van der Waals surface area (Å²) in [6.07, 6.45) is 4.36. The quantitative estimate of drug-likeness (QED) is 0.573. The molecule has 0 heterocycles. The van der Waals surface area contributed by atoms with Crippen LogP contribution in [0.1, 0.15) is 42.1 Å². The van der Waals surface area contributed by atoms with Gasteiger partial charge in [0.25, 0.3) is 0 Å². The third-order valence-electron chi connectivity index (χ3n) is 2.68. The molecule has 0 saturated heterocycles. The van der Waals surface area contributed by atoms with E-state index >= 15 is 0 Å². The van der Waals surface area contributed by atoms with Crippen molar-refractivity contribution in [3.8, 4) is 0 Å². The third-order valence-corrected chi connectivity index (χ3v) is 2.68. The van der Waals surface area contributed by atoms with Crippen LogP contribution in [0.15, 0.2) is 30.9 Å². The fraction of sp³-hybridized carbons (Fsp3) is 0.429. The van der Waals surface area contributed by atoms with Crippen LogP contribution in [0, 0.1) is 13.8 Å². The van der Waals surface area contributed by atoms with Crippen molar-refractivity contribution in [3.63, 3.8) is 0 Å². The third kappa shape index (κ3) is 3.52. The van der Waals surface area contributed by atoms with Crippen molar-refractivity contribution in [2.45, 2.75) is 39.2 Å². The lowest BCUT2D eigenvalue weighted by Gasteiger charge is -2.14. The van der Waals surface area contributed by atoms with Crippen LogP contribution in [0.25, 0.3) is 0 Å². The molecule has 1 nitrogen and oxygen atoms in total. The minimum atomic E-state index is -0.329. The van der Waals surface area contributed by atoms with E-state index in [1.54, 1.807) is 0 Å². The summed E-state index contributed by atoms with van der Waals surface area (Å²) in [6, 6.07) is 6.23. The monoisotopic (exact) mass is 204 g/mol. The lowest BCUT2D eigenvalue weighted by molar-refractivity contribution is 0.164. The Balaban J connectivity index is 2.67. The zero-order valence-electron chi connectivity index (χ0n) is 9.66. The summed E-state index contributed by atoms with van der Waals surface area (Å²) in [7, 11) is 0. The van der Waals surface area contributed by atoms with Crippen LogP contribution in [0.3, 0.4) is 0 Å². The van der Waals surface area contributed by atoms with E-state index in [9.17, 15) is 5.11 Å². The number of rotatable bonds is 5. The predicted octanol–water partition coefficient (Wildman–Crippen LogP) is 3.69. The first-order chi connectivity index (χ1) is 7.15. The Bertz CT molecular complexity index is 328. The van der Waals surface area contributed by atoms with E-state index < -0.39 is 0 Å².